The first-order chi connectivity index (χ1) is 19.9. The second kappa shape index (κ2) is 13.5. The Balaban J connectivity index is 1.32. The van der Waals surface area contributed by atoms with Crippen LogP contribution in [-0.2, 0) is 4.79 Å². The molecule has 0 spiro atoms. The van der Waals surface area contributed by atoms with E-state index in [1.54, 1.807) is 7.11 Å². The van der Waals surface area contributed by atoms with E-state index < -0.39 is 0 Å². The van der Waals surface area contributed by atoms with Crippen molar-refractivity contribution in [3.05, 3.63) is 36.0 Å². The number of piperazine rings is 2. The molecule has 0 aliphatic carbocycles. The highest BCUT2D eigenvalue weighted by Crippen LogP contribution is 2.38. The molecular weight excluding hydrogens is 540 g/mol. The summed E-state index contributed by atoms with van der Waals surface area (Å²) in [6, 6.07) is 9.58. The Bertz CT molecular complexity index is 1300. The van der Waals surface area contributed by atoms with Crippen LogP contribution in [0, 0.1) is 6.92 Å². The molecule has 2 aliphatic heterocycles. The van der Waals surface area contributed by atoms with Gasteiger partial charge in [0.1, 0.15) is 0 Å². The average Bonchev–Trinajstić information content (AvgIpc) is 3.38. The third-order valence-corrected chi connectivity index (χ3v) is 8.24. The van der Waals surface area contributed by atoms with Crippen molar-refractivity contribution in [3.8, 4) is 5.75 Å². The summed E-state index contributed by atoms with van der Waals surface area (Å²) >= 11 is 1.46. The van der Waals surface area contributed by atoms with Gasteiger partial charge < -0.3 is 25.2 Å². The number of nitrogens with zero attached hydrogens (tertiary/aromatic N) is 7. The Morgan fingerprint density at radius 1 is 1.00 bits per heavy atom. The van der Waals surface area contributed by atoms with Gasteiger partial charge >= 0.3 is 0 Å². The largest absolute Gasteiger partial charge is 0.490 e. The van der Waals surface area contributed by atoms with Gasteiger partial charge in [-0.15, -0.1) is 0 Å². The summed E-state index contributed by atoms with van der Waals surface area (Å²) < 4.78 is 5.89. The van der Waals surface area contributed by atoms with Gasteiger partial charge in [0.15, 0.2) is 22.6 Å². The number of rotatable bonds is 10. The number of ether oxygens (including phenoxy) is 1. The van der Waals surface area contributed by atoms with Gasteiger partial charge in [0.2, 0.25) is 11.7 Å². The van der Waals surface area contributed by atoms with Crippen LogP contribution in [0.25, 0.3) is 0 Å². The highest BCUT2D eigenvalue weighted by molar-refractivity contribution is 7.99. The van der Waals surface area contributed by atoms with E-state index in [4.69, 9.17) is 14.7 Å². The molecule has 1 amide bonds. The van der Waals surface area contributed by atoms with E-state index in [-0.39, 0.29) is 5.91 Å². The molecule has 0 radical (unpaired) electrons. The SMILES string of the molecule is COc1c(Nc2cc(C)[nH]n2)nc(Sc2ccc(NC(C)=O)cc2)nc1N1CCN(CCN2CCN(C)CC2)CC1. The molecule has 41 heavy (non-hydrogen) atoms. The first-order valence-corrected chi connectivity index (χ1v) is 14.9. The Hall–Kier alpha value is -3.39. The van der Waals surface area contributed by atoms with Crippen LogP contribution in [0.5, 0.6) is 5.75 Å². The van der Waals surface area contributed by atoms with Crippen molar-refractivity contribution < 1.29 is 9.53 Å². The van der Waals surface area contributed by atoms with Crippen molar-refractivity contribution in [2.75, 3.05) is 95.1 Å². The number of aromatic nitrogens is 4. The third kappa shape index (κ3) is 7.88. The molecular formula is C28H40N10O2S. The van der Waals surface area contributed by atoms with Crippen LogP contribution in [0.4, 0.5) is 23.1 Å². The van der Waals surface area contributed by atoms with Gasteiger partial charge in [-0.1, -0.05) is 0 Å². The summed E-state index contributed by atoms with van der Waals surface area (Å²) in [5, 5.41) is 14.0. The number of carbonyl (C=O) groups excluding carboxylic acids is 1. The molecule has 0 saturated carbocycles. The Kier molecular flexibility index (Phi) is 9.60. The molecule has 2 saturated heterocycles. The molecule has 13 heteroatoms. The highest BCUT2D eigenvalue weighted by Gasteiger charge is 2.26. The van der Waals surface area contributed by atoms with Crippen LogP contribution in [0.15, 0.2) is 40.4 Å². The van der Waals surface area contributed by atoms with Crippen molar-refractivity contribution >= 4 is 40.8 Å². The number of amides is 1. The van der Waals surface area contributed by atoms with E-state index in [0.717, 1.165) is 87.5 Å². The number of aryl methyl sites for hydroxylation is 1. The van der Waals surface area contributed by atoms with E-state index in [1.165, 1.54) is 18.7 Å². The summed E-state index contributed by atoms with van der Waals surface area (Å²) in [5.74, 6) is 2.50. The van der Waals surface area contributed by atoms with Gasteiger partial charge in [0.25, 0.3) is 0 Å². The number of methoxy groups -OCH3 is 1. The zero-order valence-electron chi connectivity index (χ0n) is 24.3. The molecule has 0 atom stereocenters. The quantitative estimate of drug-likeness (QED) is 0.307. The molecule has 2 fully saturated rings. The normalized spacial score (nSPS) is 17.0. The summed E-state index contributed by atoms with van der Waals surface area (Å²) in [4.78, 5) is 31.9. The molecule has 4 heterocycles. The topological polar surface area (TPSA) is 118 Å². The number of hydrogen-bond acceptors (Lipinski definition) is 11. The Morgan fingerprint density at radius 3 is 2.24 bits per heavy atom. The van der Waals surface area contributed by atoms with Crippen LogP contribution < -0.4 is 20.3 Å². The smallest absolute Gasteiger partial charge is 0.221 e. The Labute approximate surface area is 245 Å². The number of carbonyl (C=O) groups is 1. The van der Waals surface area contributed by atoms with Crippen molar-refractivity contribution in [2.24, 2.45) is 0 Å². The van der Waals surface area contributed by atoms with Gasteiger partial charge in [0, 0.05) is 94.7 Å². The molecule has 1 aromatic carbocycles. The van der Waals surface area contributed by atoms with Crippen molar-refractivity contribution in [3.63, 3.8) is 0 Å². The molecule has 2 aliphatic rings. The minimum Gasteiger partial charge on any atom is -0.490 e. The van der Waals surface area contributed by atoms with Crippen molar-refractivity contribution in [1.29, 1.82) is 0 Å². The standard InChI is InChI=1S/C28H40N10O2S/c1-20-19-24(34-33-20)30-26-25(40-4)27(32-28(31-26)41-23-7-5-22(6-8-23)29-21(2)39)38-17-15-37(16-18-38)14-13-36-11-9-35(3)10-12-36/h5-8,19H,9-18H2,1-4H3,(H,29,39)(H2,30,31,32,33,34). The number of likely N-dealkylation sites (N-methyl/N-ethyl adjacent to an activating group) is 1. The molecule has 2 aromatic heterocycles. The van der Waals surface area contributed by atoms with Crippen LogP contribution in [0.1, 0.15) is 12.6 Å². The lowest BCUT2D eigenvalue weighted by atomic mass is 10.2. The fourth-order valence-corrected chi connectivity index (χ4v) is 5.76. The number of hydrogen-bond donors (Lipinski definition) is 3. The number of aromatic amines is 1. The predicted octanol–water partition coefficient (Wildman–Crippen LogP) is 2.74. The van der Waals surface area contributed by atoms with Crippen LogP contribution in [0.2, 0.25) is 0 Å². The van der Waals surface area contributed by atoms with Gasteiger partial charge in [-0.05, 0) is 50.0 Å². The molecule has 3 N–H and O–H groups in total. The molecule has 3 aromatic rings. The number of nitrogens with one attached hydrogen (secondary N) is 3. The fraction of sp³-hybridized carbons (Fsp3) is 0.500. The minimum absolute atomic E-state index is 0.0997. The van der Waals surface area contributed by atoms with E-state index in [1.807, 2.05) is 37.3 Å². The lowest BCUT2D eigenvalue weighted by molar-refractivity contribution is -0.114. The average molecular weight is 581 g/mol. The fourth-order valence-electron chi connectivity index (χ4n) is 5.01. The molecule has 0 unspecified atom stereocenters. The zero-order chi connectivity index (χ0) is 28.8. The van der Waals surface area contributed by atoms with Gasteiger partial charge in [0.05, 0.1) is 7.11 Å². The maximum Gasteiger partial charge on any atom is 0.221 e. The zero-order valence-corrected chi connectivity index (χ0v) is 25.1. The second-order valence-corrected chi connectivity index (χ2v) is 11.6. The van der Waals surface area contributed by atoms with Gasteiger partial charge in [-0.25, -0.2) is 9.97 Å². The van der Waals surface area contributed by atoms with E-state index >= 15 is 0 Å². The lowest BCUT2D eigenvalue weighted by Crippen LogP contribution is -2.51. The third-order valence-electron chi connectivity index (χ3n) is 7.37. The van der Waals surface area contributed by atoms with E-state index in [2.05, 4.69) is 47.5 Å². The number of benzene rings is 1. The monoisotopic (exact) mass is 580 g/mol. The first-order valence-electron chi connectivity index (χ1n) is 14.0. The van der Waals surface area contributed by atoms with Crippen LogP contribution in [-0.4, -0.2) is 120 Å². The maximum absolute atomic E-state index is 11.4. The summed E-state index contributed by atoms with van der Waals surface area (Å²) in [6.07, 6.45) is 0. The van der Waals surface area contributed by atoms with E-state index in [0.29, 0.717) is 22.5 Å². The van der Waals surface area contributed by atoms with Crippen molar-refractivity contribution in [2.45, 2.75) is 23.9 Å². The van der Waals surface area contributed by atoms with Crippen LogP contribution in [0.3, 0.4) is 0 Å². The van der Waals surface area contributed by atoms with Gasteiger partial charge in [-0.3, -0.25) is 19.7 Å². The number of H-pyrrole nitrogens is 1. The second-order valence-electron chi connectivity index (χ2n) is 10.6. The lowest BCUT2D eigenvalue weighted by Gasteiger charge is -2.38. The minimum atomic E-state index is -0.0997. The van der Waals surface area contributed by atoms with Crippen molar-refractivity contribution in [1.82, 2.24) is 34.9 Å². The molecule has 12 nitrogen and oxygen atoms in total. The molecule has 0 bridgehead atoms. The summed E-state index contributed by atoms with van der Waals surface area (Å²) in [7, 11) is 3.85. The maximum atomic E-state index is 11.4. The highest BCUT2D eigenvalue weighted by atomic mass is 32.2. The summed E-state index contributed by atoms with van der Waals surface area (Å²) in [5.41, 5.74) is 1.70. The van der Waals surface area contributed by atoms with Crippen LogP contribution >= 0.6 is 11.8 Å². The number of anilines is 4. The van der Waals surface area contributed by atoms with Gasteiger partial charge in [-0.2, -0.15) is 5.10 Å². The first kappa shape index (κ1) is 29.1. The molecule has 5 rings (SSSR count). The van der Waals surface area contributed by atoms with E-state index in [9.17, 15) is 4.79 Å². The molecule has 220 valence electrons. The summed E-state index contributed by atoms with van der Waals surface area (Å²) in [6.45, 7) is 13.9. The predicted molar refractivity (Wildman–Crippen MR) is 163 cm³/mol. The Morgan fingerprint density at radius 2 is 1.66 bits per heavy atom.